The van der Waals surface area contributed by atoms with Crippen LogP contribution in [-0.2, 0) is 23.8 Å². The highest BCUT2D eigenvalue weighted by Crippen LogP contribution is 2.28. The summed E-state index contributed by atoms with van der Waals surface area (Å²) < 4.78 is 15.2. The molecule has 6 nitrogen and oxygen atoms in total. The van der Waals surface area contributed by atoms with Crippen LogP contribution in [-0.4, -0.2) is 49.2 Å². The second-order valence-electron chi connectivity index (χ2n) is 4.17. The molecule has 0 aromatic carbocycles. The van der Waals surface area contributed by atoms with Gasteiger partial charge in [-0.05, 0) is 19.8 Å². The Balaban J connectivity index is 1.98. The first kappa shape index (κ1) is 12.7. The molecule has 100 valence electrons. The lowest BCUT2D eigenvalue weighted by molar-refractivity contribution is -0.149. The Bertz CT molecular complexity index is 361. The topological polar surface area (TPSA) is 65.1 Å². The van der Waals surface area contributed by atoms with Crippen molar-refractivity contribution in [1.29, 1.82) is 0 Å². The summed E-state index contributed by atoms with van der Waals surface area (Å²) in [5, 5.41) is 0. The Hall–Kier alpha value is -1.72. The number of esters is 1. The van der Waals surface area contributed by atoms with Crippen LogP contribution in [0.3, 0.4) is 0 Å². The van der Waals surface area contributed by atoms with Crippen LogP contribution in [0.15, 0.2) is 12.0 Å². The highest BCUT2D eigenvalue weighted by molar-refractivity contribution is 5.93. The predicted molar refractivity (Wildman–Crippen MR) is 61.4 cm³/mol. The zero-order chi connectivity index (χ0) is 13.0. The average molecular weight is 255 g/mol. The van der Waals surface area contributed by atoms with Crippen LogP contribution in [0.4, 0.5) is 0 Å². The standard InChI is InChI=1S/C12H17NO5/c1-2-17-11(14)7-13(9-3-4-9)12(15)10-8-16-5-6-18-10/h8-9H,2-7H2,1H3. The van der Waals surface area contributed by atoms with Crippen molar-refractivity contribution in [3.8, 4) is 0 Å². The van der Waals surface area contributed by atoms with Gasteiger partial charge in [-0.1, -0.05) is 0 Å². The first-order valence-corrected chi connectivity index (χ1v) is 6.13. The van der Waals surface area contributed by atoms with E-state index in [2.05, 4.69) is 0 Å². The molecular weight excluding hydrogens is 238 g/mol. The van der Waals surface area contributed by atoms with E-state index < -0.39 is 5.97 Å². The van der Waals surface area contributed by atoms with Crippen molar-refractivity contribution < 1.29 is 23.8 Å². The first-order valence-electron chi connectivity index (χ1n) is 6.13. The molecule has 1 heterocycles. The first-order chi connectivity index (χ1) is 8.72. The third kappa shape index (κ3) is 3.15. The number of carbonyl (C=O) groups excluding carboxylic acids is 2. The lowest BCUT2D eigenvalue weighted by atomic mass is 10.3. The molecule has 1 fully saturated rings. The van der Waals surface area contributed by atoms with E-state index in [-0.39, 0.29) is 24.3 Å². The largest absolute Gasteiger partial charge is 0.494 e. The van der Waals surface area contributed by atoms with Gasteiger partial charge in [0.05, 0.1) is 6.61 Å². The molecule has 18 heavy (non-hydrogen) atoms. The molecule has 0 bridgehead atoms. The Morgan fingerprint density at radius 3 is 2.78 bits per heavy atom. The van der Waals surface area contributed by atoms with E-state index in [0.717, 1.165) is 12.8 Å². The van der Waals surface area contributed by atoms with E-state index in [1.54, 1.807) is 6.92 Å². The van der Waals surface area contributed by atoms with Gasteiger partial charge in [0, 0.05) is 6.04 Å². The number of rotatable bonds is 5. The van der Waals surface area contributed by atoms with Crippen molar-refractivity contribution in [2.24, 2.45) is 0 Å². The van der Waals surface area contributed by atoms with Crippen molar-refractivity contribution >= 4 is 11.9 Å². The molecule has 1 aliphatic carbocycles. The van der Waals surface area contributed by atoms with Gasteiger partial charge >= 0.3 is 5.97 Å². The Morgan fingerprint density at radius 1 is 1.44 bits per heavy atom. The van der Waals surface area contributed by atoms with Crippen LogP contribution in [0.2, 0.25) is 0 Å². The minimum absolute atomic E-state index is 0.0297. The number of hydrogen-bond acceptors (Lipinski definition) is 5. The highest BCUT2D eigenvalue weighted by atomic mass is 16.6. The van der Waals surface area contributed by atoms with E-state index in [0.29, 0.717) is 19.8 Å². The van der Waals surface area contributed by atoms with E-state index in [9.17, 15) is 9.59 Å². The summed E-state index contributed by atoms with van der Waals surface area (Å²) in [6.07, 6.45) is 3.14. The minimum atomic E-state index is -0.393. The van der Waals surface area contributed by atoms with Gasteiger partial charge in [-0.2, -0.15) is 0 Å². The fraction of sp³-hybridized carbons (Fsp3) is 0.667. The van der Waals surface area contributed by atoms with Crippen molar-refractivity contribution in [2.75, 3.05) is 26.4 Å². The van der Waals surface area contributed by atoms with E-state index in [4.69, 9.17) is 14.2 Å². The van der Waals surface area contributed by atoms with Crippen molar-refractivity contribution in [3.05, 3.63) is 12.0 Å². The van der Waals surface area contributed by atoms with Gasteiger partial charge < -0.3 is 19.1 Å². The number of hydrogen-bond donors (Lipinski definition) is 0. The van der Waals surface area contributed by atoms with Crippen molar-refractivity contribution in [3.63, 3.8) is 0 Å². The summed E-state index contributed by atoms with van der Waals surface area (Å²) in [7, 11) is 0. The van der Waals surface area contributed by atoms with Crippen LogP contribution < -0.4 is 0 Å². The summed E-state index contributed by atoms with van der Waals surface area (Å²) in [5.41, 5.74) is 0. The maximum Gasteiger partial charge on any atom is 0.325 e. The normalized spacial score (nSPS) is 18.2. The number of amides is 1. The molecule has 1 aliphatic heterocycles. The molecule has 0 saturated heterocycles. The van der Waals surface area contributed by atoms with Crippen molar-refractivity contribution in [2.45, 2.75) is 25.8 Å². The zero-order valence-corrected chi connectivity index (χ0v) is 10.4. The van der Waals surface area contributed by atoms with Crippen molar-refractivity contribution in [1.82, 2.24) is 4.90 Å². The van der Waals surface area contributed by atoms with Gasteiger partial charge in [0.2, 0.25) is 5.76 Å². The third-order valence-electron chi connectivity index (χ3n) is 2.71. The van der Waals surface area contributed by atoms with Gasteiger partial charge in [0.25, 0.3) is 5.91 Å². The fourth-order valence-corrected chi connectivity index (χ4v) is 1.72. The van der Waals surface area contributed by atoms with E-state index in [1.165, 1.54) is 11.2 Å². The third-order valence-corrected chi connectivity index (χ3v) is 2.71. The molecule has 1 saturated carbocycles. The van der Waals surface area contributed by atoms with Gasteiger partial charge in [-0.25, -0.2) is 0 Å². The molecule has 0 radical (unpaired) electrons. The summed E-state index contributed by atoms with van der Waals surface area (Å²) in [4.78, 5) is 25.1. The number of ether oxygens (including phenoxy) is 3. The van der Waals surface area contributed by atoms with Gasteiger partial charge in [0.1, 0.15) is 26.0 Å². The molecule has 1 amide bonds. The summed E-state index contributed by atoms with van der Waals surface area (Å²) >= 11 is 0. The lowest BCUT2D eigenvalue weighted by Crippen LogP contribution is -2.40. The summed E-state index contributed by atoms with van der Waals surface area (Å²) in [6.45, 7) is 2.82. The Labute approximate surface area is 105 Å². The maximum absolute atomic E-state index is 12.2. The fourth-order valence-electron chi connectivity index (χ4n) is 1.72. The Kier molecular flexibility index (Phi) is 4.07. The monoisotopic (exact) mass is 255 g/mol. The SMILES string of the molecule is CCOC(=O)CN(C(=O)C1=COCCO1)C1CC1. The predicted octanol–water partition coefficient (Wildman–Crippen LogP) is 0.429. The molecule has 2 aliphatic rings. The van der Waals surface area contributed by atoms with Gasteiger partial charge in [-0.3, -0.25) is 9.59 Å². The van der Waals surface area contributed by atoms with Crippen LogP contribution in [0.1, 0.15) is 19.8 Å². The molecule has 0 atom stereocenters. The van der Waals surface area contributed by atoms with Crippen LogP contribution in [0.25, 0.3) is 0 Å². The lowest BCUT2D eigenvalue weighted by Gasteiger charge is -2.24. The van der Waals surface area contributed by atoms with E-state index >= 15 is 0 Å². The minimum Gasteiger partial charge on any atom is -0.494 e. The van der Waals surface area contributed by atoms with Gasteiger partial charge in [-0.15, -0.1) is 0 Å². The molecular formula is C12H17NO5. The summed E-state index contributed by atoms with van der Waals surface area (Å²) in [6, 6.07) is 0.119. The van der Waals surface area contributed by atoms with Crippen LogP contribution in [0.5, 0.6) is 0 Å². The number of carbonyl (C=O) groups is 2. The molecule has 0 aromatic heterocycles. The maximum atomic E-state index is 12.2. The molecule has 0 N–H and O–H groups in total. The molecule has 0 spiro atoms. The quantitative estimate of drug-likeness (QED) is 0.666. The molecule has 0 unspecified atom stereocenters. The molecule has 2 rings (SSSR count). The highest BCUT2D eigenvalue weighted by Gasteiger charge is 2.36. The van der Waals surface area contributed by atoms with Gasteiger partial charge in [0.15, 0.2) is 0 Å². The average Bonchev–Trinajstić information content (AvgIpc) is 3.21. The molecule has 6 heteroatoms. The second kappa shape index (κ2) is 5.75. The smallest absolute Gasteiger partial charge is 0.325 e. The number of nitrogens with zero attached hydrogens (tertiary/aromatic N) is 1. The Morgan fingerprint density at radius 2 is 2.22 bits per heavy atom. The van der Waals surface area contributed by atoms with Crippen LogP contribution in [0, 0.1) is 0 Å². The second-order valence-corrected chi connectivity index (χ2v) is 4.17. The van der Waals surface area contributed by atoms with Crippen LogP contribution >= 0.6 is 0 Å². The molecule has 0 aromatic rings. The zero-order valence-electron chi connectivity index (χ0n) is 10.4. The van der Waals surface area contributed by atoms with E-state index in [1.807, 2.05) is 0 Å². The summed E-state index contributed by atoms with van der Waals surface area (Å²) in [5.74, 6) is -0.530.